The number of nitrogens with one attached hydrogen (secondary N) is 2. The highest BCUT2D eigenvalue weighted by Crippen LogP contribution is 2.33. The molecule has 0 saturated heterocycles. The van der Waals surface area contributed by atoms with Crippen molar-refractivity contribution in [2.75, 3.05) is 5.32 Å². The molecule has 0 unspecified atom stereocenters. The smallest absolute Gasteiger partial charge is 0.404 e. The van der Waals surface area contributed by atoms with Crippen molar-refractivity contribution >= 4 is 23.4 Å². The predicted octanol–water partition coefficient (Wildman–Crippen LogP) is 7.18. The lowest BCUT2D eigenvalue weighted by molar-refractivity contribution is 0.194. The number of halogens is 1. The molecule has 0 heterocycles. The van der Waals surface area contributed by atoms with Gasteiger partial charge in [0.2, 0.25) is 0 Å². The summed E-state index contributed by atoms with van der Waals surface area (Å²) in [5, 5.41) is 15.1. The van der Waals surface area contributed by atoms with E-state index >= 15 is 0 Å². The Morgan fingerprint density at radius 2 is 1.55 bits per heavy atom. The lowest BCUT2D eigenvalue weighted by Crippen LogP contribution is -2.19. The first kappa shape index (κ1) is 22.2. The fourth-order valence-electron chi connectivity index (χ4n) is 3.39. The number of carbonyl (C=O) groups is 1. The van der Waals surface area contributed by atoms with Gasteiger partial charge in [0.05, 0.1) is 5.69 Å². The highest BCUT2D eigenvalue weighted by molar-refractivity contribution is 6.30. The second kappa shape index (κ2) is 10.6. The van der Waals surface area contributed by atoms with E-state index in [1.54, 1.807) is 12.1 Å². The molecule has 0 atom stereocenters. The molecule has 33 heavy (non-hydrogen) atoms. The molecule has 3 N–H and O–H groups in total. The Kier molecular flexibility index (Phi) is 7.12. The molecule has 6 heteroatoms. The first-order chi connectivity index (χ1) is 16.1. The van der Waals surface area contributed by atoms with Crippen LogP contribution in [-0.2, 0) is 13.1 Å². The van der Waals surface area contributed by atoms with Gasteiger partial charge in [0.25, 0.3) is 0 Å². The van der Waals surface area contributed by atoms with Crippen LogP contribution in [0.3, 0.4) is 0 Å². The fourth-order valence-corrected chi connectivity index (χ4v) is 3.56. The number of rotatable bonds is 8. The number of hydrogen-bond acceptors (Lipinski definition) is 3. The molecule has 1 amide bonds. The van der Waals surface area contributed by atoms with Gasteiger partial charge in [-0.05, 0) is 46.5 Å². The number of benzene rings is 4. The van der Waals surface area contributed by atoms with Crippen LogP contribution < -0.4 is 15.4 Å². The minimum absolute atomic E-state index is 0.201. The zero-order valence-corrected chi connectivity index (χ0v) is 18.5. The Bertz CT molecular complexity index is 1230. The van der Waals surface area contributed by atoms with Crippen LogP contribution >= 0.6 is 11.6 Å². The lowest BCUT2D eigenvalue weighted by atomic mass is 10.0. The molecule has 4 rings (SSSR count). The molecule has 0 aliphatic carbocycles. The minimum Gasteiger partial charge on any atom is -0.465 e. The first-order valence-corrected chi connectivity index (χ1v) is 10.9. The summed E-state index contributed by atoms with van der Waals surface area (Å²) in [5.41, 5.74) is 5.10. The van der Waals surface area contributed by atoms with Gasteiger partial charge in [-0.15, -0.1) is 0 Å². The number of amides is 1. The lowest BCUT2D eigenvalue weighted by Gasteiger charge is -2.14. The third kappa shape index (κ3) is 6.28. The van der Waals surface area contributed by atoms with E-state index in [4.69, 9.17) is 21.4 Å². The standard InChI is InChI=1S/C27H23ClN2O3/c28-23-13-14-25(26(16-23)33-24-8-4-5-20(15-24)18-30-27(31)32)29-17-19-9-11-22(12-10-19)21-6-2-1-3-7-21/h1-16,29-30H,17-18H2,(H,31,32). The molecule has 0 fully saturated rings. The normalized spacial score (nSPS) is 10.5. The summed E-state index contributed by atoms with van der Waals surface area (Å²) in [6, 6.07) is 31.4. The molecule has 0 spiro atoms. The maximum atomic E-state index is 10.7. The predicted molar refractivity (Wildman–Crippen MR) is 132 cm³/mol. The van der Waals surface area contributed by atoms with Gasteiger partial charge >= 0.3 is 6.09 Å². The molecular formula is C27H23ClN2O3. The first-order valence-electron chi connectivity index (χ1n) is 10.5. The molecular weight excluding hydrogens is 436 g/mol. The summed E-state index contributed by atoms with van der Waals surface area (Å²) in [6.07, 6.45) is -1.07. The van der Waals surface area contributed by atoms with Gasteiger partial charge in [0.15, 0.2) is 5.75 Å². The topological polar surface area (TPSA) is 70.6 Å². The summed E-state index contributed by atoms with van der Waals surface area (Å²) in [7, 11) is 0. The van der Waals surface area contributed by atoms with Gasteiger partial charge in [-0.3, -0.25) is 0 Å². The molecule has 0 radical (unpaired) electrons. The van der Waals surface area contributed by atoms with Crippen molar-refractivity contribution in [2.24, 2.45) is 0 Å². The Balaban J connectivity index is 1.45. The van der Waals surface area contributed by atoms with Crippen LogP contribution in [0, 0.1) is 0 Å². The molecule has 0 saturated carbocycles. The van der Waals surface area contributed by atoms with Crippen molar-refractivity contribution in [3.63, 3.8) is 0 Å². The second-order valence-electron chi connectivity index (χ2n) is 7.47. The average molecular weight is 459 g/mol. The van der Waals surface area contributed by atoms with Gasteiger partial charge in [-0.1, -0.05) is 78.3 Å². The van der Waals surface area contributed by atoms with Crippen LogP contribution in [0.1, 0.15) is 11.1 Å². The van der Waals surface area contributed by atoms with Crippen molar-refractivity contribution in [3.8, 4) is 22.6 Å². The van der Waals surface area contributed by atoms with Crippen molar-refractivity contribution in [3.05, 3.63) is 113 Å². The minimum atomic E-state index is -1.07. The molecule has 0 aromatic heterocycles. The summed E-state index contributed by atoms with van der Waals surface area (Å²) in [5.74, 6) is 1.18. The van der Waals surface area contributed by atoms with E-state index in [1.165, 1.54) is 11.1 Å². The maximum absolute atomic E-state index is 10.7. The van der Waals surface area contributed by atoms with E-state index in [0.29, 0.717) is 23.1 Å². The van der Waals surface area contributed by atoms with E-state index in [1.807, 2.05) is 48.5 Å². The average Bonchev–Trinajstić information content (AvgIpc) is 2.83. The van der Waals surface area contributed by atoms with E-state index in [9.17, 15) is 4.79 Å². The van der Waals surface area contributed by atoms with Crippen molar-refractivity contribution in [1.29, 1.82) is 0 Å². The molecule has 4 aromatic carbocycles. The molecule has 0 aliphatic rings. The quantitative estimate of drug-likeness (QED) is 0.261. The number of anilines is 1. The van der Waals surface area contributed by atoms with Gasteiger partial charge in [0, 0.05) is 24.2 Å². The molecule has 166 valence electrons. The molecule has 4 aromatic rings. The number of ether oxygens (including phenoxy) is 1. The Hall–Kier alpha value is -3.96. The zero-order valence-electron chi connectivity index (χ0n) is 17.8. The summed E-state index contributed by atoms with van der Waals surface area (Å²) < 4.78 is 6.08. The monoisotopic (exact) mass is 458 g/mol. The van der Waals surface area contributed by atoms with E-state index in [0.717, 1.165) is 16.8 Å². The van der Waals surface area contributed by atoms with Crippen LogP contribution in [-0.4, -0.2) is 11.2 Å². The molecule has 0 aliphatic heterocycles. The summed E-state index contributed by atoms with van der Waals surface area (Å²) in [4.78, 5) is 10.7. The van der Waals surface area contributed by atoms with Crippen LogP contribution in [0.25, 0.3) is 11.1 Å². The van der Waals surface area contributed by atoms with Crippen LogP contribution in [0.4, 0.5) is 10.5 Å². The Labute approximate surface area is 197 Å². The van der Waals surface area contributed by atoms with Crippen molar-refractivity contribution in [1.82, 2.24) is 5.32 Å². The van der Waals surface area contributed by atoms with Crippen LogP contribution in [0.15, 0.2) is 97.1 Å². The number of hydrogen-bond donors (Lipinski definition) is 3. The fraction of sp³-hybridized carbons (Fsp3) is 0.0741. The Morgan fingerprint density at radius 3 is 2.30 bits per heavy atom. The molecule has 0 bridgehead atoms. The van der Waals surface area contributed by atoms with Crippen molar-refractivity contribution < 1.29 is 14.6 Å². The van der Waals surface area contributed by atoms with Gasteiger partial charge in [0.1, 0.15) is 5.75 Å². The van der Waals surface area contributed by atoms with E-state index in [-0.39, 0.29) is 6.54 Å². The number of carboxylic acid groups (broad SMARTS) is 1. The third-order valence-corrected chi connectivity index (χ3v) is 5.29. The summed E-state index contributed by atoms with van der Waals surface area (Å²) >= 11 is 6.21. The SMILES string of the molecule is O=C(O)NCc1cccc(Oc2cc(Cl)ccc2NCc2ccc(-c3ccccc3)cc2)c1. The highest BCUT2D eigenvalue weighted by Gasteiger charge is 2.08. The van der Waals surface area contributed by atoms with Crippen LogP contribution in [0.2, 0.25) is 5.02 Å². The van der Waals surface area contributed by atoms with E-state index < -0.39 is 6.09 Å². The molecule has 5 nitrogen and oxygen atoms in total. The summed E-state index contributed by atoms with van der Waals surface area (Å²) in [6.45, 7) is 0.821. The van der Waals surface area contributed by atoms with Crippen molar-refractivity contribution in [2.45, 2.75) is 13.1 Å². The van der Waals surface area contributed by atoms with E-state index in [2.05, 4.69) is 47.0 Å². The van der Waals surface area contributed by atoms with Gasteiger partial charge in [-0.25, -0.2) is 4.79 Å². The second-order valence-corrected chi connectivity index (χ2v) is 7.90. The maximum Gasteiger partial charge on any atom is 0.404 e. The van der Waals surface area contributed by atoms with Gasteiger partial charge in [-0.2, -0.15) is 0 Å². The third-order valence-electron chi connectivity index (χ3n) is 5.06. The largest absolute Gasteiger partial charge is 0.465 e. The highest BCUT2D eigenvalue weighted by atomic mass is 35.5. The Morgan fingerprint density at radius 1 is 0.788 bits per heavy atom. The van der Waals surface area contributed by atoms with Crippen LogP contribution in [0.5, 0.6) is 11.5 Å². The van der Waals surface area contributed by atoms with Gasteiger partial charge < -0.3 is 20.5 Å². The zero-order chi connectivity index (χ0) is 23.0.